The fourth-order valence-corrected chi connectivity index (χ4v) is 5.55. The first-order valence-electron chi connectivity index (χ1n) is 9.54. The van der Waals surface area contributed by atoms with Crippen LogP contribution < -0.4 is 0 Å². The second-order valence-corrected chi connectivity index (χ2v) is 9.66. The molecule has 4 aliphatic rings. The van der Waals surface area contributed by atoms with Crippen molar-refractivity contribution < 1.29 is 38.1 Å². The second-order valence-electron chi connectivity index (χ2n) is 8.81. The molecule has 0 amide bonds. The first-order chi connectivity index (χ1) is 13.8. The molecule has 0 aromatic heterocycles. The summed E-state index contributed by atoms with van der Waals surface area (Å²) in [5.74, 6) is -2.66. The van der Waals surface area contributed by atoms with Gasteiger partial charge in [0.1, 0.15) is 5.75 Å². The van der Waals surface area contributed by atoms with Gasteiger partial charge in [0.05, 0.1) is 9.89 Å². The highest BCUT2D eigenvalue weighted by Crippen LogP contribution is 2.73. The lowest BCUT2D eigenvalue weighted by Gasteiger charge is -2.69. The average Bonchev–Trinajstić information content (AvgIpc) is 2.69. The summed E-state index contributed by atoms with van der Waals surface area (Å²) >= 11 is 3.41. The zero-order chi connectivity index (χ0) is 22.5. The molecule has 1 aromatic carbocycles. The molecule has 0 radical (unpaired) electrons. The highest BCUT2D eigenvalue weighted by molar-refractivity contribution is 9.10. The van der Waals surface area contributed by atoms with Crippen molar-refractivity contribution in [2.75, 3.05) is 19.6 Å². The van der Waals surface area contributed by atoms with Gasteiger partial charge in [0.15, 0.2) is 0 Å². The number of hydrogen-bond acceptors (Lipinski definition) is 4. The Morgan fingerprint density at radius 2 is 1.80 bits per heavy atom. The topological polar surface area (TPSA) is 98.1 Å². The van der Waals surface area contributed by atoms with Gasteiger partial charge < -0.3 is 20.2 Å². The molecule has 3 saturated carbocycles. The normalized spacial score (nSPS) is 30.0. The molecule has 6 nitrogen and oxygen atoms in total. The standard InChI is InChI=1S/C18H22BrNO3.C2HF3O2/c1-11-6-20(10-17-7-18(8-17,9-17)16(22)23)3-2-12-4-14(19)15(21)5-13(11)12;3-2(4,5)1(6)7/h4-5,11,21H,2-3,6-10H2,1H3,(H,22,23);(H,6,7). The Balaban J connectivity index is 0.000000318. The minimum absolute atomic E-state index is 0.261. The number of nitrogens with zero attached hydrogens (tertiary/aromatic N) is 1. The third-order valence-electron chi connectivity index (χ3n) is 6.36. The highest BCUT2D eigenvalue weighted by atomic mass is 79.9. The van der Waals surface area contributed by atoms with E-state index in [1.165, 1.54) is 11.1 Å². The summed E-state index contributed by atoms with van der Waals surface area (Å²) in [6.45, 7) is 5.23. The number of fused-ring (bicyclic) bond motifs is 1. The van der Waals surface area contributed by atoms with Gasteiger partial charge in [-0.05, 0) is 76.2 Å². The highest BCUT2D eigenvalue weighted by Gasteiger charge is 2.71. The van der Waals surface area contributed by atoms with Crippen molar-refractivity contribution in [3.63, 3.8) is 0 Å². The maximum absolute atomic E-state index is 11.3. The van der Waals surface area contributed by atoms with Crippen LogP contribution >= 0.6 is 15.9 Å². The molecule has 0 saturated heterocycles. The van der Waals surface area contributed by atoms with Crippen LogP contribution in [0.1, 0.15) is 43.2 Å². The molecule has 3 N–H and O–H groups in total. The van der Waals surface area contributed by atoms with Crippen molar-refractivity contribution in [2.24, 2.45) is 10.8 Å². The van der Waals surface area contributed by atoms with Gasteiger partial charge in [0.25, 0.3) is 0 Å². The first kappa shape index (κ1) is 22.9. The van der Waals surface area contributed by atoms with Gasteiger partial charge in [-0.2, -0.15) is 13.2 Å². The van der Waals surface area contributed by atoms with E-state index in [9.17, 15) is 28.2 Å². The molecule has 5 rings (SSSR count). The molecule has 10 heteroatoms. The largest absolute Gasteiger partial charge is 0.507 e. The van der Waals surface area contributed by atoms with Crippen LogP contribution in [0.25, 0.3) is 0 Å². The minimum atomic E-state index is -5.08. The van der Waals surface area contributed by atoms with E-state index < -0.39 is 18.1 Å². The molecule has 3 fully saturated rings. The van der Waals surface area contributed by atoms with E-state index in [0.29, 0.717) is 11.7 Å². The van der Waals surface area contributed by atoms with Gasteiger partial charge in [-0.25, -0.2) is 4.79 Å². The van der Waals surface area contributed by atoms with E-state index in [4.69, 9.17) is 9.90 Å². The van der Waals surface area contributed by atoms with Crippen LogP contribution in [0, 0.1) is 10.8 Å². The molecule has 1 atom stereocenters. The van der Waals surface area contributed by atoms with Crippen LogP contribution in [0.4, 0.5) is 13.2 Å². The number of phenols is 1. The molecule has 1 heterocycles. The van der Waals surface area contributed by atoms with Crippen molar-refractivity contribution in [1.82, 2.24) is 4.90 Å². The predicted octanol–water partition coefficient (Wildman–Crippen LogP) is 4.00. The summed E-state index contributed by atoms with van der Waals surface area (Å²) in [4.78, 5) is 22.6. The van der Waals surface area contributed by atoms with Crippen LogP contribution in [0.15, 0.2) is 16.6 Å². The van der Waals surface area contributed by atoms with E-state index in [0.717, 1.165) is 49.8 Å². The van der Waals surface area contributed by atoms with Crippen LogP contribution in [0.3, 0.4) is 0 Å². The molecule has 1 aromatic rings. The number of aliphatic carboxylic acids is 2. The molecule has 3 aliphatic carbocycles. The maximum Gasteiger partial charge on any atom is 0.490 e. The van der Waals surface area contributed by atoms with Crippen molar-refractivity contribution in [3.05, 3.63) is 27.7 Å². The van der Waals surface area contributed by atoms with Crippen LogP contribution in [0.2, 0.25) is 0 Å². The Bertz CT molecular complexity index is 853. The molecule has 166 valence electrons. The second kappa shape index (κ2) is 7.71. The van der Waals surface area contributed by atoms with Crippen LogP contribution in [-0.4, -0.2) is 58.0 Å². The average molecular weight is 494 g/mol. The number of rotatable bonds is 3. The molecule has 30 heavy (non-hydrogen) atoms. The van der Waals surface area contributed by atoms with Gasteiger partial charge in [0.2, 0.25) is 0 Å². The van der Waals surface area contributed by atoms with Crippen molar-refractivity contribution in [3.8, 4) is 5.75 Å². The lowest BCUT2D eigenvalue weighted by molar-refractivity contribution is -0.228. The van der Waals surface area contributed by atoms with Gasteiger partial charge in [-0.15, -0.1) is 0 Å². The summed E-state index contributed by atoms with van der Waals surface area (Å²) in [7, 11) is 0. The third kappa shape index (κ3) is 4.30. The quantitative estimate of drug-likeness (QED) is 0.588. The number of aromatic hydroxyl groups is 1. The number of carboxylic acid groups (broad SMARTS) is 2. The summed E-state index contributed by atoms with van der Waals surface area (Å²) in [6.07, 6.45) is -1.52. The number of carboxylic acids is 2. The molecule has 0 spiro atoms. The number of alkyl halides is 3. The Hall–Kier alpha value is -1.81. The van der Waals surface area contributed by atoms with Crippen LogP contribution in [-0.2, 0) is 16.0 Å². The number of carbonyl (C=O) groups is 2. The van der Waals surface area contributed by atoms with E-state index in [1.807, 2.05) is 12.1 Å². The number of phenolic OH excluding ortho intramolecular Hbond substituents is 1. The van der Waals surface area contributed by atoms with Gasteiger partial charge in [0, 0.05) is 19.6 Å². The monoisotopic (exact) mass is 493 g/mol. The van der Waals surface area contributed by atoms with E-state index in [-0.39, 0.29) is 10.8 Å². The van der Waals surface area contributed by atoms with Gasteiger partial charge >= 0.3 is 18.1 Å². The van der Waals surface area contributed by atoms with Gasteiger partial charge in [-0.3, -0.25) is 4.79 Å². The van der Waals surface area contributed by atoms with E-state index >= 15 is 0 Å². The fourth-order valence-electron chi connectivity index (χ4n) is 5.16. The predicted molar refractivity (Wildman–Crippen MR) is 104 cm³/mol. The van der Waals surface area contributed by atoms with E-state index in [2.05, 4.69) is 27.8 Å². The zero-order valence-corrected chi connectivity index (χ0v) is 17.9. The van der Waals surface area contributed by atoms with Crippen molar-refractivity contribution in [2.45, 2.75) is 44.7 Å². The van der Waals surface area contributed by atoms with Crippen molar-refractivity contribution >= 4 is 27.9 Å². The third-order valence-corrected chi connectivity index (χ3v) is 7.00. The summed E-state index contributed by atoms with van der Waals surface area (Å²) in [6, 6.07) is 3.94. The summed E-state index contributed by atoms with van der Waals surface area (Å²) in [5.41, 5.74) is 2.44. The van der Waals surface area contributed by atoms with E-state index in [1.54, 1.807) is 0 Å². The number of halogens is 4. The van der Waals surface area contributed by atoms with Gasteiger partial charge in [-0.1, -0.05) is 6.92 Å². The smallest absolute Gasteiger partial charge is 0.490 e. The summed E-state index contributed by atoms with van der Waals surface area (Å²) < 4.78 is 32.5. The van der Waals surface area contributed by atoms with Crippen molar-refractivity contribution in [1.29, 1.82) is 0 Å². The molecular weight excluding hydrogens is 471 g/mol. The molecule has 1 aliphatic heterocycles. The maximum atomic E-state index is 11.3. The fraction of sp³-hybridized carbons (Fsp3) is 0.600. The Morgan fingerprint density at radius 3 is 2.30 bits per heavy atom. The molecule has 1 unspecified atom stereocenters. The minimum Gasteiger partial charge on any atom is -0.507 e. The van der Waals surface area contributed by atoms with Crippen LogP contribution in [0.5, 0.6) is 5.75 Å². The molecular formula is C20H23BrF3NO5. The Labute approximate surface area is 179 Å². The summed E-state index contributed by atoms with van der Waals surface area (Å²) in [5, 5.41) is 26.3. The molecule has 2 bridgehead atoms. The Kier molecular flexibility index (Phi) is 5.87. The Morgan fingerprint density at radius 1 is 1.23 bits per heavy atom. The zero-order valence-electron chi connectivity index (χ0n) is 16.3. The number of hydrogen-bond donors (Lipinski definition) is 3. The lowest BCUT2D eigenvalue weighted by Crippen LogP contribution is -2.68. The number of benzene rings is 1. The SMILES string of the molecule is CC1CN(CC23CC(C(=O)O)(C2)C3)CCc2cc(Br)c(O)cc21.O=C(O)C(F)(F)F. The first-order valence-corrected chi connectivity index (χ1v) is 10.3. The lowest BCUT2D eigenvalue weighted by atomic mass is 9.35.